The van der Waals surface area contributed by atoms with Gasteiger partial charge in [0.05, 0.1) is 17.9 Å². The van der Waals surface area contributed by atoms with Gasteiger partial charge in [-0.25, -0.2) is 0 Å². The zero-order chi connectivity index (χ0) is 16.2. The monoisotopic (exact) mass is 397 g/mol. The summed E-state index contributed by atoms with van der Waals surface area (Å²) in [7, 11) is 0. The second-order valence-corrected chi connectivity index (χ2v) is 4.91. The number of aliphatic imine (C=N–C) groups is 1. The van der Waals surface area contributed by atoms with Crippen molar-refractivity contribution in [2.45, 2.75) is 0 Å². The van der Waals surface area contributed by atoms with Crippen LogP contribution >= 0.6 is 0 Å². The maximum Gasteiger partial charge on any atom is 0.243 e. The molecule has 0 saturated heterocycles. The van der Waals surface area contributed by atoms with E-state index in [2.05, 4.69) is 20.9 Å². The summed E-state index contributed by atoms with van der Waals surface area (Å²) >= 11 is 0. The second-order valence-electron chi connectivity index (χ2n) is 4.91. The number of amides is 2. The second kappa shape index (κ2) is 8.03. The molecule has 0 bridgehead atoms. The molecule has 4 N–H and O–H groups in total. The summed E-state index contributed by atoms with van der Waals surface area (Å²) in [5, 5.41) is 8.11. The molecule has 2 aromatic rings. The Morgan fingerprint density at radius 3 is 2.62 bits per heavy atom. The smallest absolute Gasteiger partial charge is 0.243 e. The molecule has 1 aliphatic rings. The van der Waals surface area contributed by atoms with Gasteiger partial charge >= 0.3 is 0 Å². The van der Waals surface area contributed by atoms with Crippen molar-refractivity contribution in [2.24, 2.45) is 4.99 Å². The summed E-state index contributed by atoms with van der Waals surface area (Å²) in [6.45, 7) is 0.193. The first-order valence-corrected chi connectivity index (χ1v) is 6.96. The number of nitrogens with zero attached hydrogens (tertiary/aromatic N) is 1. The van der Waals surface area contributed by atoms with Gasteiger partial charge in [-0.05, 0) is 17.8 Å². The van der Waals surface area contributed by atoms with Gasteiger partial charge in [-0.1, -0.05) is 36.4 Å². The van der Waals surface area contributed by atoms with E-state index in [0.29, 0.717) is 16.9 Å². The minimum absolute atomic E-state index is 0. The Balaban J connectivity index is 0.00000208. The molecule has 0 fully saturated rings. The average Bonchev–Trinajstić information content (AvgIpc) is 2.55. The third-order valence-corrected chi connectivity index (χ3v) is 3.23. The van der Waals surface area contributed by atoms with Crippen LogP contribution in [0.25, 0.3) is 5.73 Å². The van der Waals surface area contributed by atoms with Crippen molar-refractivity contribution >= 4 is 34.8 Å². The quantitative estimate of drug-likeness (QED) is 0.536. The van der Waals surface area contributed by atoms with Gasteiger partial charge < -0.3 is 26.7 Å². The number of hydrogen-bond acceptors (Lipinski definition) is 4. The molecule has 7 nitrogen and oxygen atoms in total. The van der Waals surface area contributed by atoms with Gasteiger partial charge in [0.2, 0.25) is 11.8 Å². The van der Waals surface area contributed by atoms with Gasteiger partial charge in [0, 0.05) is 44.2 Å². The molecule has 3 rings (SSSR count). The standard InChI is InChI=1S/C16H15N5O2.Y/c17-16(21-15(23)10-4-2-1-3-5-10)19-11-6-7-12-13(8-11)18-9-14(22)20-12;/h1-8,18H,9H2,(H4,17,19,20,21,22,23);/p-1. The first-order valence-electron chi connectivity index (χ1n) is 6.96. The third-order valence-electron chi connectivity index (χ3n) is 3.23. The Morgan fingerprint density at radius 1 is 1.12 bits per heavy atom. The van der Waals surface area contributed by atoms with Gasteiger partial charge in [-0.3, -0.25) is 9.59 Å². The Morgan fingerprint density at radius 2 is 1.88 bits per heavy atom. The molecule has 0 aliphatic carbocycles. The summed E-state index contributed by atoms with van der Waals surface area (Å²) in [4.78, 5) is 27.3. The third kappa shape index (κ3) is 4.40. The predicted octanol–water partition coefficient (Wildman–Crippen LogP) is 2.52. The van der Waals surface area contributed by atoms with Crippen LogP contribution in [-0.4, -0.2) is 24.3 Å². The van der Waals surface area contributed by atoms with Crippen LogP contribution in [0, 0.1) is 0 Å². The molecule has 1 radical (unpaired) electrons. The number of guanidine groups is 1. The van der Waals surface area contributed by atoms with Gasteiger partial charge in [0.15, 0.2) is 0 Å². The number of rotatable bonds is 2. The van der Waals surface area contributed by atoms with E-state index in [1.54, 1.807) is 42.5 Å². The topological polar surface area (TPSA) is 106 Å². The van der Waals surface area contributed by atoms with E-state index >= 15 is 0 Å². The van der Waals surface area contributed by atoms with Crippen molar-refractivity contribution in [3.05, 3.63) is 59.8 Å². The summed E-state index contributed by atoms with van der Waals surface area (Å²) in [5.41, 5.74) is 10.2. The van der Waals surface area contributed by atoms with Crippen molar-refractivity contribution in [2.75, 3.05) is 17.2 Å². The van der Waals surface area contributed by atoms with E-state index in [0.717, 1.165) is 5.69 Å². The molecule has 119 valence electrons. The van der Waals surface area contributed by atoms with Crippen LogP contribution in [0.15, 0.2) is 53.5 Å². The molecule has 2 aromatic carbocycles. The largest absolute Gasteiger partial charge is 0.411 e. The number of fused-ring (bicyclic) bond motifs is 1. The van der Waals surface area contributed by atoms with E-state index in [9.17, 15) is 9.59 Å². The van der Waals surface area contributed by atoms with E-state index < -0.39 is 0 Å². The summed E-state index contributed by atoms with van der Waals surface area (Å²) in [5.74, 6) is -0.744. The van der Waals surface area contributed by atoms with Gasteiger partial charge in [0.25, 0.3) is 0 Å². The molecular formula is C16H14N5O2Y-. The van der Waals surface area contributed by atoms with Crippen LogP contribution in [0.5, 0.6) is 0 Å². The van der Waals surface area contributed by atoms with Crippen LogP contribution in [0.2, 0.25) is 0 Å². The van der Waals surface area contributed by atoms with Crippen LogP contribution < -0.4 is 16.0 Å². The molecule has 0 unspecified atom stereocenters. The fraction of sp³-hybridized carbons (Fsp3) is 0.0625. The number of carbonyl (C=O) groups excluding carboxylic acids is 2. The minimum Gasteiger partial charge on any atom is -0.411 e. The normalized spacial score (nSPS) is 13.0. The first kappa shape index (κ1) is 18.1. The van der Waals surface area contributed by atoms with Gasteiger partial charge in [-0.2, -0.15) is 0 Å². The van der Waals surface area contributed by atoms with Crippen LogP contribution in [-0.2, 0) is 37.5 Å². The summed E-state index contributed by atoms with van der Waals surface area (Å²) in [6.07, 6.45) is 0. The predicted molar refractivity (Wildman–Crippen MR) is 88.9 cm³/mol. The van der Waals surface area contributed by atoms with Crippen molar-refractivity contribution in [3.63, 3.8) is 0 Å². The van der Waals surface area contributed by atoms with E-state index in [-0.39, 0.29) is 57.0 Å². The zero-order valence-corrected chi connectivity index (χ0v) is 15.5. The number of benzene rings is 2. The fourth-order valence-electron chi connectivity index (χ4n) is 2.15. The zero-order valence-electron chi connectivity index (χ0n) is 12.7. The summed E-state index contributed by atoms with van der Waals surface area (Å²) < 4.78 is 0. The first-order chi connectivity index (χ1) is 11.1. The van der Waals surface area contributed by atoms with Crippen molar-refractivity contribution < 1.29 is 42.3 Å². The number of anilines is 2. The van der Waals surface area contributed by atoms with Crippen molar-refractivity contribution in [1.29, 1.82) is 0 Å². The molecule has 0 saturated carbocycles. The number of nitrogens with one attached hydrogen (secondary N) is 4. The number of hydrogen-bond donors (Lipinski definition) is 3. The molecular weight excluding hydrogens is 383 g/mol. The Labute approximate surface area is 164 Å². The van der Waals surface area contributed by atoms with E-state index in [4.69, 9.17) is 5.73 Å². The average molecular weight is 397 g/mol. The maximum absolute atomic E-state index is 11.9. The van der Waals surface area contributed by atoms with Gasteiger partial charge in [-0.15, -0.1) is 0 Å². The molecule has 0 aromatic heterocycles. The Hall–Kier alpha value is -2.25. The van der Waals surface area contributed by atoms with Crippen molar-refractivity contribution in [3.8, 4) is 0 Å². The van der Waals surface area contributed by atoms with Crippen LogP contribution in [0.1, 0.15) is 10.4 Å². The molecule has 1 aliphatic heterocycles. The van der Waals surface area contributed by atoms with Crippen LogP contribution in [0.4, 0.5) is 17.1 Å². The SMILES string of the molecule is [NH-]C(=Nc1ccc2c(c1)NCC(=O)N2)NC(=O)c1ccccc1.[Y]. The molecule has 0 atom stereocenters. The Kier molecular flexibility index (Phi) is 6.06. The van der Waals surface area contributed by atoms with Crippen molar-refractivity contribution in [1.82, 2.24) is 5.32 Å². The van der Waals surface area contributed by atoms with Gasteiger partial charge in [0.1, 0.15) is 0 Å². The minimum atomic E-state index is -0.386. The molecule has 0 spiro atoms. The molecule has 8 heteroatoms. The van der Waals surface area contributed by atoms with E-state index in [1.807, 2.05) is 6.07 Å². The summed E-state index contributed by atoms with van der Waals surface area (Å²) in [6, 6.07) is 13.7. The molecule has 24 heavy (non-hydrogen) atoms. The molecule has 1 heterocycles. The fourth-order valence-corrected chi connectivity index (χ4v) is 2.15. The maximum atomic E-state index is 11.9. The Bertz CT molecular complexity index is 792. The van der Waals surface area contributed by atoms with Crippen LogP contribution in [0.3, 0.4) is 0 Å². The number of carbonyl (C=O) groups is 2. The van der Waals surface area contributed by atoms with E-state index in [1.165, 1.54) is 0 Å². The molecule has 2 amide bonds.